The van der Waals surface area contributed by atoms with E-state index < -0.39 is 0 Å². The quantitative estimate of drug-likeness (QED) is 0.923. The molecule has 22 heavy (non-hydrogen) atoms. The summed E-state index contributed by atoms with van der Waals surface area (Å²) in [6.45, 7) is 0. The van der Waals surface area contributed by atoms with E-state index in [2.05, 4.69) is 10.3 Å². The summed E-state index contributed by atoms with van der Waals surface area (Å²) in [5, 5.41) is 3.11. The molecule has 114 valence electrons. The number of aromatic nitrogens is 1. The minimum Gasteiger partial charge on any atom is -0.488 e. The van der Waals surface area contributed by atoms with E-state index >= 15 is 0 Å². The smallest absolute Gasteiger partial charge is 0.224 e. The maximum atomic E-state index is 12.2. The van der Waals surface area contributed by atoms with Crippen molar-refractivity contribution in [1.82, 2.24) is 10.3 Å². The summed E-state index contributed by atoms with van der Waals surface area (Å²) in [4.78, 5) is 16.2. The van der Waals surface area contributed by atoms with Gasteiger partial charge in [-0.2, -0.15) is 0 Å². The van der Waals surface area contributed by atoms with Crippen molar-refractivity contribution in [3.63, 3.8) is 0 Å². The molecule has 1 aromatic heterocycles. The molecule has 4 nitrogen and oxygen atoms in total. The molecule has 1 heterocycles. The van der Waals surface area contributed by atoms with Crippen LogP contribution in [0.4, 0.5) is 0 Å². The number of rotatable bonds is 5. The van der Waals surface area contributed by atoms with E-state index in [4.69, 9.17) is 4.74 Å². The Kier molecular flexibility index (Phi) is 4.68. The van der Waals surface area contributed by atoms with Crippen molar-refractivity contribution in [2.75, 3.05) is 0 Å². The van der Waals surface area contributed by atoms with Crippen molar-refractivity contribution >= 4 is 5.91 Å². The van der Waals surface area contributed by atoms with Gasteiger partial charge in [0.1, 0.15) is 11.9 Å². The first kappa shape index (κ1) is 14.6. The standard InChI is InChI=1S/C18H20N2O2/c21-18(12-14-6-5-11-19-13-14)20-16-9-4-10-17(16)22-15-7-2-1-3-8-15/h1-3,5-8,11,13,16-17H,4,9-10,12H2,(H,20,21)/t16-,17-/m0/s1. The number of nitrogens with zero attached hydrogens (tertiary/aromatic N) is 1. The maximum absolute atomic E-state index is 12.2. The van der Waals surface area contributed by atoms with Gasteiger partial charge in [0.2, 0.25) is 5.91 Å². The normalized spacial score (nSPS) is 20.5. The van der Waals surface area contributed by atoms with Crippen molar-refractivity contribution < 1.29 is 9.53 Å². The highest BCUT2D eigenvalue weighted by atomic mass is 16.5. The first-order chi connectivity index (χ1) is 10.8. The Morgan fingerprint density at radius 2 is 2.05 bits per heavy atom. The van der Waals surface area contributed by atoms with Crippen molar-refractivity contribution in [1.29, 1.82) is 0 Å². The number of carbonyl (C=O) groups is 1. The van der Waals surface area contributed by atoms with Crippen LogP contribution in [0.2, 0.25) is 0 Å². The molecule has 2 aromatic rings. The Morgan fingerprint density at radius 1 is 1.18 bits per heavy atom. The Hall–Kier alpha value is -2.36. The molecular formula is C18H20N2O2. The SMILES string of the molecule is O=C(Cc1cccnc1)N[C@H]1CCC[C@@H]1Oc1ccccc1. The number of amides is 1. The van der Waals surface area contributed by atoms with Crippen molar-refractivity contribution in [3.05, 3.63) is 60.4 Å². The number of benzene rings is 1. The molecule has 0 bridgehead atoms. The summed E-state index contributed by atoms with van der Waals surface area (Å²) in [7, 11) is 0. The van der Waals surface area contributed by atoms with E-state index in [1.54, 1.807) is 12.4 Å². The van der Waals surface area contributed by atoms with Gasteiger partial charge in [0.05, 0.1) is 12.5 Å². The predicted octanol–water partition coefficient (Wildman–Crippen LogP) is 2.74. The lowest BCUT2D eigenvalue weighted by Gasteiger charge is -2.22. The molecule has 0 saturated heterocycles. The molecule has 1 fully saturated rings. The van der Waals surface area contributed by atoms with Crippen LogP contribution in [0.5, 0.6) is 5.75 Å². The van der Waals surface area contributed by atoms with E-state index in [1.807, 2.05) is 42.5 Å². The maximum Gasteiger partial charge on any atom is 0.224 e. The first-order valence-corrected chi connectivity index (χ1v) is 7.71. The van der Waals surface area contributed by atoms with Gasteiger partial charge in [-0.1, -0.05) is 24.3 Å². The van der Waals surface area contributed by atoms with Gasteiger partial charge in [-0.15, -0.1) is 0 Å². The van der Waals surface area contributed by atoms with Crippen LogP contribution in [0.1, 0.15) is 24.8 Å². The molecule has 2 atom stereocenters. The van der Waals surface area contributed by atoms with E-state index in [-0.39, 0.29) is 18.1 Å². The van der Waals surface area contributed by atoms with Gasteiger partial charge in [0, 0.05) is 12.4 Å². The van der Waals surface area contributed by atoms with Crippen molar-refractivity contribution in [2.45, 2.75) is 37.8 Å². The van der Waals surface area contributed by atoms with Crippen LogP contribution >= 0.6 is 0 Å². The summed E-state index contributed by atoms with van der Waals surface area (Å²) in [5.74, 6) is 0.891. The molecule has 3 rings (SSSR count). The minimum atomic E-state index is 0.0292. The van der Waals surface area contributed by atoms with Crippen LogP contribution in [0.25, 0.3) is 0 Å². The van der Waals surface area contributed by atoms with Gasteiger partial charge >= 0.3 is 0 Å². The lowest BCUT2D eigenvalue weighted by molar-refractivity contribution is -0.121. The van der Waals surface area contributed by atoms with Crippen LogP contribution in [-0.2, 0) is 11.2 Å². The summed E-state index contributed by atoms with van der Waals surface area (Å²) >= 11 is 0. The van der Waals surface area contributed by atoms with Crippen LogP contribution in [0, 0.1) is 0 Å². The van der Waals surface area contributed by atoms with Gasteiger partial charge in [-0.05, 0) is 43.0 Å². The number of hydrogen-bond donors (Lipinski definition) is 1. The topological polar surface area (TPSA) is 51.2 Å². The Balaban J connectivity index is 1.55. The van der Waals surface area contributed by atoms with Gasteiger partial charge in [-0.3, -0.25) is 9.78 Å². The van der Waals surface area contributed by atoms with E-state index in [0.29, 0.717) is 6.42 Å². The number of carbonyl (C=O) groups excluding carboxylic acids is 1. The molecule has 0 spiro atoms. The fourth-order valence-electron chi connectivity index (χ4n) is 2.85. The molecule has 0 aliphatic heterocycles. The monoisotopic (exact) mass is 296 g/mol. The fourth-order valence-corrected chi connectivity index (χ4v) is 2.85. The molecule has 1 N–H and O–H groups in total. The molecular weight excluding hydrogens is 276 g/mol. The fraction of sp³-hybridized carbons (Fsp3) is 0.333. The molecule has 1 aliphatic carbocycles. The number of ether oxygens (including phenoxy) is 1. The van der Waals surface area contributed by atoms with E-state index in [1.165, 1.54) is 0 Å². The molecule has 1 aliphatic rings. The third-order valence-corrected chi connectivity index (χ3v) is 3.92. The largest absolute Gasteiger partial charge is 0.488 e. The second-order valence-corrected chi connectivity index (χ2v) is 5.61. The second kappa shape index (κ2) is 7.07. The second-order valence-electron chi connectivity index (χ2n) is 5.61. The highest BCUT2D eigenvalue weighted by molar-refractivity contribution is 5.78. The summed E-state index contributed by atoms with van der Waals surface area (Å²) in [5.41, 5.74) is 0.929. The van der Waals surface area contributed by atoms with E-state index in [0.717, 1.165) is 30.6 Å². The summed E-state index contributed by atoms with van der Waals surface area (Å²) in [6.07, 6.45) is 6.88. The van der Waals surface area contributed by atoms with E-state index in [9.17, 15) is 4.79 Å². The molecule has 1 saturated carbocycles. The molecule has 0 radical (unpaired) electrons. The molecule has 1 amide bonds. The Bertz CT molecular complexity index is 601. The third kappa shape index (κ3) is 3.85. The summed E-state index contributed by atoms with van der Waals surface area (Å²) < 4.78 is 6.01. The lowest BCUT2D eigenvalue weighted by Crippen LogP contribution is -2.43. The Morgan fingerprint density at radius 3 is 2.82 bits per heavy atom. The van der Waals surface area contributed by atoms with Crippen LogP contribution in [0.15, 0.2) is 54.9 Å². The Labute approximate surface area is 130 Å². The lowest BCUT2D eigenvalue weighted by atomic mass is 10.1. The molecule has 1 aromatic carbocycles. The van der Waals surface area contributed by atoms with Gasteiger partial charge in [0.15, 0.2) is 0 Å². The number of nitrogens with one attached hydrogen (secondary N) is 1. The number of hydrogen-bond acceptors (Lipinski definition) is 3. The minimum absolute atomic E-state index is 0.0292. The van der Waals surface area contributed by atoms with Gasteiger partial charge in [-0.25, -0.2) is 0 Å². The average Bonchev–Trinajstić information content (AvgIpc) is 2.96. The molecule has 4 heteroatoms. The summed E-state index contributed by atoms with van der Waals surface area (Å²) in [6, 6.07) is 13.6. The highest BCUT2D eigenvalue weighted by Crippen LogP contribution is 2.24. The van der Waals surface area contributed by atoms with Crippen LogP contribution in [0.3, 0.4) is 0 Å². The number of pyridine rings is 1. The van der Waals surface area contributed by atoms with Crippen LogP contribution in [-0.4, -0.2) is 23.0 Å². The zero-order chi connectivity index (χ0) is 15.2. The molecule has 0 unspecified atom stereocenters. The third-order valence-electron chi connectivity index (χ3n) is 3.92. The van der Waals surface area contributed by atoms with Gasteiger partial charge in [0.25, 0.3) is 0 Å². The van der Waals surface area contributed by atoms with Crippen molar-refractivity contribution in [3.8, 4) is 5.75 Å². The predicted molar refractivity (Wildman–Crippen MR) is 84.6 cm³/mol. The average molecular weight is 296 g/mol. The van der Waals surface area contributed by atoms with Crippen molar-refractivity contribution in [2.24, 2.45) is 0 Å². The van der Waals surface area contributed by atoms with Crippen LogP contribution < -0.4 is 10.1 Å². The zero-order valence-electron chi connectivity index (χ0n) is 12.4. The highest BCUT2D eigenvalue weighted by Gasteiger charge is 2.30. The van der Waals surface area contributed by atoms with Gasteiger partial charge < -0.3 is 10.1 Å². The first-order valence-electron chi connectivity index (χ1n) is 7.71. The number of para-hydroxylation sites is 1. The zero-order valence-corrected chi connectivity index (χ0v) is 12.4.